The number of hydrogen-bond acceptors (Lipinski definition) is 2. The Morgan fingerprint density at radius 2 is 1.84 bits per heavy atom. The molecule has 19 heavy (non-hydrogen) atoms. The van der Waals surface area contributed by atoms with Gasteiger partial charge in [0.05, 0.1) is 0 Å². The number of halogens is 2. The fourth-order valence-electron chi connectivity index (χ4n) is 1.77. The molecule has 1 nitrogen and oxygen atoms in total. The smallest absolute Gasteiger partial charge is 0.163 e. The van der Waals surface area contributed by atoms with E-state index in [0.29, 0.717) is 11.1 Å². The summed E-state index contributed by atoms with van der Waals surface area (Å²) in [4.78, 5) is 0. The Bertz CT molecular complexity index is 427. The molecule has 0 aromatic heterocycles. The van der Waals surface area contributed by atoms with E-state index < -0.39 is 11.6 Å². The number of benzene rings is 1. The number of aryl methyl sites for hydroxylation is 1. The van der Waals surface area contributed by atoms with E-state index in [-0.39, 0.29) is 10.8 Å². The normalized spacial score (nSPS) is 13.6. The second kappa shape index (κ2) is 6.71. The van der Waals surface area contributed by atoms with Gasteiger partial charge in [0, 0.05) is 22.1 Å². The fraction of sp³-hybridized carbons (Fsp3) is 0.600. The lowest BCUT2D eigenvalue weighted by atomic mass is 10.0. The first-order valence-electron chi connectivity index (χ1n) is 6.58. The van der Waals surface area contributed by atoms with E-state index in [1.165, 1.54) is 0 Å². The molecule has 0 radical (unpaired) electrons. The number of thioether (sulfide) groups is 1. The van der Waals surface area contributed by atoms with Gasteiger partial charge in [0.1, 0.15) is 0 Å². The highest BCUT2D eigenvalue weighted by atomic mass is 32.2. The molecule has 0 amide bonds. The second-order valence-corrected chi connectivity index (χ2v) is 7.48. The minimum Gasteiger partial charge on any atom is -0.309 e. The summed E-state index contributed by atoms with van der Waals surface area (Å²) in [6.07, 6.45) is 0. The van der Waals surface area contributed by atoms with Crippen LogP contribution in [0.1, 0.15) is 44.9 Å². The summed E-state index contributed by atoms with van der Waals surface area (Å²) in [6.45, 7) is 10.6. The van der Waals surface area contributed by atoms with E-state index in [0.717, 1.165) is 12.3 Å². The molecule has 1 N–H and O–H groups in total. The van der Waals surface area contributed by atoms with Crippen molar-refractivity contribution in [3.8, 4) is 0 Å². The van der Waals surface area contributed by atoms with Crippen LogP contribution in [0.25, 0.3) is 0 Å². The Labute approximate surface area is 119 Å². The quantitative estimate of drug-likeness (QED) is 0.858. The van der Waals surface area contributed by atoms with Crippen molar-refractivity contribution in [2.75, 3.05) is 12.3 Å². The summed E-state index contributed by atoms with van der Waals surface area (Å²) in [5.74, 6) is -0.738. The van der Waals surface area contributed by atoms with Crippen molar-refractivity contribution >= 4 is 11.8 Å². The molecule has 1 atom stereocenters. The van der Waals surface area contributed by atoms with Crippen LogP contribution < -0.4 is 5.32 Å². The van der Waals surface area contributed by atoms with Gasteiger partial charge in [0.25, 0.3) is 0 Å². The highest BCUT2D eigenvalue weighted by molar-refractivity contribution is 8.00. The topological polar surface area (TPSA) is 12.0 Å². The van der Waals surface area contributed by atoms with Crippen molar-refractivity contribution in [2.24, 2.45) is 0 Å². The van der Waals surface area contributed by atoms with Crippen LogP contribution in [0.2, 0.25) is 0 Å². The van der Waals surface area contributed by atoms with Crippen LogP contribution in [-0.4, -0.2) is 17.0 Å². The standard InChI is InChI=1S/C15H23F2NS/c1-6-18-12(9-19-15(3,4)5)11-8-7-10(2)13(16)14(11)17/h7-8,12,18H,6,9H2,1-5H3. The molecule has 0 fully saturated rings. The predicted octanol–water partition coefficient (Wildman–Crippen LogP) is 4.46. The molecule has 1 aromatic carbocycles. The van der Waals surface area contributed by atoms with Crippen molar-refractivity contribution in [3.63, 3.8) is 0 Å². The first kappa shape index (κ1) is 16.4. The van der Waals surface area contributed by atoms with Crippen LogP contribution >= 0.6 is 11.8 Å². The van der Waals surface area contributed by atoms with Gasteiger partial charge in [-0.3, -0.25) is 0 Å². The first-order valence-corrected chi connectivity index (χ1v) is 7.56. The molecule has 0 aliphatic rings. The van der Waals surface area contributed by atoms with Gasteiger partial charge in [-0.15, -0.1) is 0 Å². The Kier molecular flexibility index (Phi) is 5.81. The SMILES string of the molecule is CCNC(CSC(C)(C)C)c1ccc(C)c(F)c1F. The van der Waals surface area contributed by atoms with E-state index in [4.69, 9.17) is 0 Å². The molecule has 0 spiro atoms. The zero-order chi connectivity index (χ0) is 14.6. The average Bonchev–Trinajstić information content (AvgIpc) is 2.31. The van der Waals surface area contributed by atoms with E-state index in [1.54, 1.807) is 30.8 Å². The number of rotatable bonds is 5. The average molecular weight is 287 g/mol. The largest absolute Gasteiger partial charge is 0.309 e. The van der Waals surface area contributed by atoms with Gasteiger partial charge >= 0.3 is 0 Å². The third kappa shape index (κ3) is 4.77. The summed E-state index contributed by atoms with van der Waals surface area (Å²) < 4.78 is 27.8. The maximum Gasteiger partial charge on any atom is 0.163 e. The summed E-state index contributed by atoms with van der Waals surface area (Å²) in [5, 5.41) is 3.23. The molecular weight excluding hydrogens is 264 g/mol. The predicted molar refractivity (Wildman–Crippen MR) is 79.7 cm³/mol. The van der Waals surface area contributed by atoms with Crippen molar-refractivity contribution in [1.82, 2.24) is 5.32 Å². The minimum absolute atomic E-state index is 0.105. The minimum atomic E-state index is -0.735. The first-order chi connectivity index (χ1) is 8.76. The van der Waals surface area contributed by atoms with Crippen LogP contribution in [0.3, 0.4) is 0 Å². The third-order valence-corrected chi connectivity index (χ3v) is 4.18. The van der Waals surface area contributed by atoms with Gasteiger partial charge in [0.15, 0.2) is 11.6 Å². The van der Waals surface area contributed by atoms with E-state index in [1.807, 2.05) is 6.92 Å². The zero-order valence-electron chi connectivity index (χ0n) is 12.3. The Hall–Kier alpha value is -0.610. The zero-order valence-corrected chi connectivity index (χ0v) is 13.1. The maximum absolute atomic E-state index is 14.0. The molecular formula is C15H23F2NS. The van der Waals surface area contributed by atoms with Crippen molar-refractivity contribution < 1.29 is 8.78 Å². The summed E-state index contributed by atoms with van der Waals surface area (Å²) in [6, 6.07) is 3.16. The van der Waals surface area contributed by atoms with Gasteiger partial charge in [-0.2, -0.15) is 11.8 Å². The number of hydrogen-bond donors (Lipinski definition) is 1. The molecule has 0 heterocycles. The second-order valence-electron chi connectivity index (χ2n) is 5.63. The van der Waals surface area contributed by atoms with Crippen LogP contribution in [0.5, 0.6) is 0 Å². The molecule has 0 bridgehead atoms. The van der Waals surface area contributed by atoms with Gasteiger partial charge < -0.3 is 5.32 Å². The molecule has 0 aliphatic carbocycles. The lowest BCUT2D eigenvalue weighted by Gasteiger charge is -2.24. The molecule has 4 heteroatoms. The van der Waals surface area contributed by atoms with Crippen LogP contribution in [0, 0.1) is 18.6 Å². The lowest BCUT2D eigenvalue weighted by Crippen LogP contribution is -2.26. The number of nitrogens with one attached hydrogen (secondary N) is 1. The van der Waals surface area contributed by atoms with E-state index >= 15 is 0 Å². The lowest BCUT2D eigenvalue weighted by molar-refractivity contribution is 0.474. The monoisotopic (exact) mass is 287 g/mol. The summed E-state index contributed by atoms with van der Waals surface area (Å²) >= 11 is 1.74. The fourth-order valence-corrected chi connectivity index (χ4v) is 2.73. The van der Waals surface area contributed by atoms with Crippen LogP contribution in [0.15, 0.2) is 12.1 Å². The summed E-state index contributed by atoms with van der Waals surface area (Å²) in [7, 11) is 0. The van der Waals surface area contributed by atoms with Crippen molar-refractivity contribution in [3.05, 3.63) is 34.9 Å². The van der Waals surface area contributed by atoms with E-state index in [2.05, 4.69) is 26.1 Å². The Morgan fingerprint density at radius 1 is 1.21 bits per heavy atom. The van der Waals surface area contributed by atoms with Crippen LogP contribution in [0.4, 0.5) is 8.78 Å². The molecule has 0 aliphatic heterocycles. The van der Waals surface area contributed by atoms with Gasteiger partial charge in [-0.05, 0) is 19.0 Å². The molecule has 0 saturated carbocycles. The third-order valence-electron chi connectivity index (χ3n) is 2.81. The molecule has 1 unspecified atom stereocenters. The van der Waals surface area contributed by atoms with Gasteiger partial charge in [-0.1, -0.05) is 39.8 Å². The molecule has 108 valence electrons. The van der Waals surface area contributed by atoms with E-state index in [9.17, 15) is 8.78 Å². The van der Waals surface area contributed by atoms with Crippen molar-refractivity contribution in [2.45, 2.75) is 45.4 Å². The maximum atomic E-state index is 14.0. The highest BCUT2D eigenvalue weighted by Gasteiger charge is 2.21. The Morgan fingerprint density at radius 3 is 2.37 bits per heavy atom. The van der Waals surface area contributed by atoms with Gasteiger partial charge in [0.2, 0.25) is 0 Å². The highest BCUT2D eigenvalue weighted by Crippen LogP contribution is 2.30. The molecule has 1 aromatic rings. The summed E-state index contributed by atoms with van der Waals surface area (Å²) in [5.41, 5.74) is 0.765. The van der Waals surface area contributed by atoms with Crippen molar-refractivity contribution in [1.29, 1.82) is 0 Å². The molecule has 1 rings (SSSR count). The Balaban J connectivity index is 2.96. The van der Waals surface area contributed by atoms with Crippen LogP contribution in [-0.2, 0) is 0 Å². The van der Waals surface area contributed by atoms with Gasteiger partial charge in [-0.25, -0.2) is 8.78 Å². The molecule has 0 saturated heterocycles.